The van der Waals surface area contributed by atoms with E-state index in [-0.39, 0.29) is 23.1 Å². The number of H-pyrrole nitrogens is 1. The monoisotopic (exact) mass is 270 g/mol. The predicted octanol–water partition coefficient (Wildman–Crippen LogP) is 2.57. The molecule has 2 rings (SSSR count). The van der Waals surface area contributed by atoms with Gasteiger partial charge in [0.2, 0.25) is 0 Å². The summed E-state index contributed by atoms with van der Waals surface area (Å²) >= 11 is 0. The van der Waals surface area contributed by atoms with Crippen LogP contribution >= 0.6 is 0 Å². The van der Waals surface area contributed by atoms with Crippen molar-refractivity contribution in [1.82, 2.24) is 10.3 Å². The van der Waals surface area contributed by atoms with Crippen LogP contribution in [0.2, 0.25) is 0 Å². The summed E-state index contributed by atoms with van der Waals surface area (Å²) in [7, 11) is 0. The molecule has 2 aromatic rings. The highest BCUT2D eigenvalue weighted by Gasteiger charge is 2.17. The number of pyridine rings is 1. The zero-order valence-corrected chi connectivity index (χ0v) is 11.6. The van der Waals surface area contributed by atoms with Crippen molar-refractivity contribution in [2.75, 3.05) is 0 Å². The molecule has 0 saturated carbocycles. The van der Waals surface area contributed by atoms with Gasteiger partial charge in [0.15, 0.2) is 0 Å². The van der Waals surface area contributed by atoms with Crippen LogP contribution in [0.1, 0.15) is 30.6 Å². The van der Waals surface area contributed by atoms with Crippen molar-refractivity contribution >= 4 is 5.91 Å². The molecule has 1 atom stereocenters. The Kier molecular flexibility index (Phi) is 4.35. The molecule has 4 nitrogen and oxygen atoms in total. The third kappa shape index (κ3) is 2.96. The Morgan fingerprint density at radius 1 is 1.25 bits per heavy atom. The first-order chi connectivity index (χ1) is 9.63. The van der Waals surface area contributed by atoms with Gasteiger partial charge in [0.05, 0.1) is 0 Å². The highest BCUT2D eigenvalue weighted by Crippen LogP contribution is 2.20. The molecule has 1 unspecified atom stereocenters. The Labute approximate surface area is 117 Å². The highest BCUT2D eigenvalue weighted by molar-refractivity contribution is 6.00. The minimum absolute atomic E-state index is 0.0331. The van der Waals surface area contributed by atoms with Gasteiger partial charge in [0.1, 0.15) is 5.56 Å². The summed E-state index contributed by atoms with van der Waals surface area (Å²) in [5, 5.41) is 2.84. The fourth-order valence-electron chi connectivity index (χ4n) is 1.96. The number of rotatable bonds is 4. The number of hydrogen-bond acceptors (Lipinski definition) is 2. The Hall–Kier alpha value is -2.36. The summed E-state index contributed by atoms with van der Waals surface area (Å²) in [5.74, 6) is -0.333. The normalized spacial score (nSPS) is 11.9. The van der Waals surface area contributed by atoms with Crippen LogP contribution in [0.15, 0.2) is 47.4 Å². The molecule has 0 spiro atoms. The van der Waals surface area contributed by atoms with Gasteiger partial charge in [-0.25, -0.2) is 0 Å². The van der Waals surface area contributed by atoms with Gasteiger partial charge in [0, 0.05) is 17.8 Å². The van der Waals surface area contributed by atoms with E-state index >= 15 is 0 Å². The summed E-state index contributed by atoms with van der Waals surface area (Å²) in [4.78, 5) is 26.9. The van der Waals surface area contributed by atoms with Crippen LogP contribution in [0, 0.1) is 0 Å². The van der Waals surface area contributed by atoms with Crippen LogP contribution in [0.25, 0.3) is 11.1 Å². The van der Waals surface area contributed by atoms with Crippen molar-refractivity contribution in [1.29, 1.82) is 0 Å². The largest absolute Gasteiger partial charge is 0.349 e. The summed E-state index contributed by atoms with van der Waals surface area (Å²) in [6.45, 7) is 3.90. The average molecular weight is 270 g/mol. The van der Waals surface area contributed by atoms with Gasteiger partial charge in [-0.05, 0) is 25.0 Å². The van der Waals surface area contributed by atoms with E-state index in [1.165, 1.54) is 0 Å². The predicted molar refractivity (Wildman–Crippen MR) is 79.7 cm³/mol. The molecule has 104 valence electrons. The smallest absolute Gasteiger partial charge is 0.261 e. The van der Waals surface area contributed by atoms with E-state index in [1.807, 2.05) is 44.2 Å². The van der Waals surface area contributed by atoms with E-state index in [0.29, 0.717) is 5.56 Å². The molecule has 2 N–H and O–H groups in total. The van der Waals surface area contributed by atoms with Crippen LogP contribution in [0.5, 0.6) is 0 Å². The first-order valence-corrected chi connectivity index (χ1v) is 6.71. The number of nitrogens with one attached hydrogen (secondary N) is 2. The van der Waals surface area contributed by atoms with Crippen molar-refractivity contribution in [2.45, 2.75) is 26.3 Å². The van der Waals surface area contributed by atoms with Crippen LogP contribution < -0.4 is 10.9 Å². The summed E-state index contributed by atoms with van der Waals surface area (Å²) in [5.41, 5.74) is 1.30. The van der Waals surface area contributed by atoms with Crippen LogP contribution in [-0.4, -0.2) is 16.9 Å². The fourth-order valence-corrected chi connectivity index (χ4v) is 1.96. The number of amides is 1. The molecular formula is C16H18N2O2. The average Bonchev–Trinajstić information content (AvgIpc) is 2.47. The van der Waals surface area contributed by atoms with E-state index in [1.54, 1.807) is 12.3 Å². The third-order valence-electron chi connectivity index (χ3n) is 3.26. The summed E-state index contributed by atoms with van der Waals surface area (Å²) < 4.78 is 0. The van der Waals surface area contributed by atoms with E-state index in [2.05, 4.69) is 10.3 Å². The Morgan fingerprint density at radius 2 is 1.95 bits per heavy atom. The van der Waals surface area contributed by atoms with Crippen molar-refractivity contribution in [3.8, 4) is 11.1 Å². The summed E-state index contributed by atoms with van der Waals surface area (Å²) in [6, 6.07) is 11.2. The first kappa shape index (κ1) is 14.1. The van der Waals surface area contributed by atoms with Crippen molar-refractivity contribution < 1.29 is 4.79 Å². The second kappa shape index (κ2) is 6.19. The second-order valence-electron chi connectivity index (χ2n) is 4.74. The van der Waals surface area contributed by atoms with Gasteiger partial charge in [-0.1, -0.05) is 37.3 Å². The van der Waals surface area contributed by atoms with Gasteiger partial charge >= 0.3 is 0 Å². The number of carbonyl (C=O) groups is 1. The number of aromatic amines is 1. The van der Waals surface area contributed by atoms with Gasteiger partial charge in [-0.3, -0.25) is 9.59 Å². The third-order valence-corrected chi connectivity index (χ3v) is 3.26. The molecule has 20 heavy (non-hydrogen) atoms. The topological polar surface area (TPSA) is 62.0 Å². The van der Waals surface area contributed by atoms with Crippen LogP contribution in [0.3, 0.4) is 0 Å². The number of carbonyl (C=O) groups excluding carboxylic acids is 1. The Morgan fingerprint density at radius 3 is 2.60 bits per heavy atom. The van der Waals surface area contributed by atoms with Crippen molar-refractivity contribution in [3.05, 3.63) is 58.5 Å². The maximum Gasteiger partial charge on any atom is 0.261 e. The molecule has 0 radical (unpaired) electrons. The van der Waals surface area contributed by atoms with Gasteiger partial charge in [0.25, 0.3) is 11.5 Å². The maximum atomic E-state index is 12.3. The standard InChI is InChI=1S/C16H18N2O2/c1-3-11(2)18-16(20)14-13(9-10-17-15(14)19)12-7-5-4-6-8-12/h4-11H,3H2,1-2H3,(H,17,19)(H,18,20). The second-order valence-corrected chi connectivity index (χ2v) is 4.74. The number of aromatic nitrogens is 1. The van der Waals surface area contributed by atoms with Crippen LogP contribution in [0.4, 0.5) is 0 Å². The van der Waals surface area contributed by atoms with E-state index < -0.39 is 0 Å². The molecular weight excluding hydrogens is 252 g/mol. The molecule has 1 heterocycles. The first-order valence-electron chi connectivity index (χ1n) is 6.71. The van der Waals surface area contributed by atoms with Crippen molar-refractivity contribution in [3.63, 3.8) is 0 Å². The molecule has 0 saturated heterocycles. The Bertz CT molecular complexity index is 647. The molecule has 1 amide bonds. The van der Waals surface area contributed by atoms with E-state index in [0.717, 1.165) is 12.0 Å². The molecule has 4 heteroatoms. The zero-order valence-electron chi connectivity index (χ0n) is 11.6. The lowest BCUT2D eigenvalue weighted by molar-refractivity contribution is 0.0938. The zero-order chi connectivity index (χ0) is 14.5. The minimum atomic E-state index is -0.368. The molecule has 1 aromatic carbocycles. The van der Waals surface area contributed by atoms with Crippen LogP contribution in [-0.2, 0) is 0 Å². The van der Waals surface area contributed by atoms with E-state index in [4.69, 9.17) is 0 Å². The lowest BCUT2D eigenvalue weighted by atomic mass is 10.0. The summed E-state index contributed by atoms with van der Waals surface area (Å²) in [6.07, 6.45) is 2.38. The fraction of sp³-hybridized carbons (Fsp3) is 0.250. The van der Waals surface area contributed by atoms with E-state index in [9.17, 15) is 9.59 Å². The number of hydrogen-bond donors (Lipinski definition) is 2. The minimum Gasteiger partial charge on any atom is -0.349 e. The Balaban J connectivity index is 2.47. The SMILES string of the molecule is CCC(C)NC(=O)c1c(-c2ccccc2)cc[nH]c1=O. The molecule has 1 aromatic heterocycles. The van der Waals surface area contributed by atoms with Gasteiger partial charge in [-0.15, -0.1) is 0 Å². The van der Waals surface area contributed by atoms with Gasteiger partial charge < -0.3 is 10.3 Å². The molecule has 0 aliphatic heterocycles. The lowest BCUT2D eigenvalue weighted by Crippen LogP contribution is -2.36. The van der Waals surface area contributed by atoms with Gasteiger partial charge in [-0.2, -0.15) is 0 Å². The molecule has 0 aliphatic carbocycles. The van der Waals surface area contributed by atoms with Crippen molar-refractivity contribution in [2.24, 2.45) is 0 Å². The maximum absolute atomic E-state index is 12.3. The lowest BCUT2D eigenvalue weighted by Gasteiger charge is -2.13. The highest BCUT2D eigenvalue weighted by atomic mass is 16.2. The molecule has 0 fully saturated rings. The molecule has 0 aliphatic rings. The number of benzene rings is 1. The molecule has 0 bridgehead atoms. The quantitative estimate of drug-likeness (QED) is 0.897.